The van der Waals surface area contributed by atoms with Crippen LogP contribution < -0.4 is 5.43 Å². The van der Waals surface area contributed by atoms with Crippen molar-refractivity contribution in [2.45, 2.75) is 20.8 Å². The van der Waals surface area contributed by atoms with Crippen molar-refractivity contribution in [2.75, 3.05) is 5.43 Å². The van der Waals surface area contributed by atoms with Crippen LogP contribution in [0.2, 0.25) is 0 Å². The molecule has 0 bridgehead atoms. The van der Waals surface area contributed by atoms with Crippen molar-refractivity contribution >= 4 is 22.8 Å². The lowest BCUT2D eigenvalue weighted by atomic mass is 10.0. The van der Waals surface area contributed by atoms with Gasteiger partial charge in [-0.15, -0.1) is 10.2 Å². The number of fused-ring (bicyclic) bond motifs is 1. The molecule has 3 heterocycles. The van der Waals surface area contributed by atoms with Gasteiger partial charge in [-0.25, -0.2) is 4.68 Å². The Labute approximate surface area is 220 Å². The molecule has 0 aliphatic rings. The predicted molar refractivity (Wildman–Crippen MR) is 152 cm³/mol. The van der Waals surface area contributed by atoms with Crippen LogP contribution in [0.25, 0.3) is 39.2 Å². The first kappa shape index (κ1) is 23.4. The van der Waals surface area contributed by atoms with Crippen molar-refractivity contribution in [1.29, 1.82) is 0 Å². The Morgan fingerprint density at radius 1 is 0.789 bits per heavy atom. The van der Waals surface area contributed by atoms with E-state index in [1.54, 1.807) is 6.21 Å². The summed E-state index contributed by atoms with van der Waals surface area (Å²) >= 11 is 0. The van der Waals surface area contributed by atoms with Crippen LogP contribution in [0.5, 0.6) is 0 Å². The summed E-state index contributed by atoms with van der Waals surface area (Å²) in [5, 5.41) is 20.3. The molecule has 3 aromatic carbocycles. The fourth-order valence-electron chi connectivity index (χ4n) is 4.40. The smallest absolute Gasteiger partial charge is 0.176 e. The van der Waals surface area contributed by atoms with Crippen LogP contribution in [0, 0.1) is 20.8 Å². The van der Waals surface area contributed by atoms with Gasteiger partial charge in [0.2, 0.25) is 0 Å². The highest BCUT2D eigenvalue weighted by atomic mass is 16.3. The third-order valence-electron chi connectivity index (χ3n) is 6.58. The Morgan fingerprint density at radius 2 is 1.58 bits per heavy atom. The minimum Gasteiger partial charge on any atom is -0.460 e. The summed E-state index contributed by atoms with van der Waals surface area (Å²) in [5.74, 6) is 2.08. The van der Waals surface area contributed by atoms with Crippen LogP contribution in [-0.4, -0.2) is 26.2 Å². The van der Waals surface area contributed by atoms with Crippen molar-refractivity contribution in [1.82, 2.24) is 20.0 Å². The van der Waals surface area contributed by atoms with Gasteiger partial charge in [-0.3, -0.25) is 5.43 Å². The minimum atomic E-state index is 0.579. The highest BCUT2D eigenvalue weighted by Crippen LogP contribution is 2.31. The number of benzene rings is 3. The quantitative estimate of drug-likeness (QED) is 0.195. The summed E-state index contributed by atoms with van der Waals surface area (Å²) < 4.78 is 7.69. The van der Waals surface area contributed by atoms with Gasteiger partial charge < -0.3 is 4.42 Å². The molecule has 3 aromatic heterocycles. The van der Waals surface area contributed by atoms with Gasteiger partial charge in [-0.2, -0.15) is 10.2 Å². The summed E-state index contributed by atoms with van der Waals surface area (Å²) in [6.07, 6.45) is 3.66. The van der Waals surface area contributed by atoms with Crippen LogP contribution >= 0.6 is 0 Å². The second kappa shape index (κ2) is 9.78. The van der Waals surface area contributed by atoms with E-state index in [2.05, 4.69) is 58.8 Å². The van der Waals surface area contributed by atoms with Crippen molar-refractivity contribution in [3.63, 3.8) is 0 Å². The number of rotatable bonds is 6. The number of hydrogen-bond donors (Lipinski definition) is 1. The normalized spacial score (nSPS) is 11.4. The molecule has 0 saturated carbocycles. The molecule has 0 saturated heterocycles. The van der Waals surface area contributed by atoms with Gasteiger partial charge in [-0.1, -0.05) is 54.6 Å². The average molecular weight is 499 g/mol. The molecule has 186 valence electrons. The predicted octanol–water partition coefficient (Wildman–Crippen LogP) is 7.11. The number of para-hydroxylation sites is 1. The van der Waals surface area contributed by atoms with E-state index in [1.165, 1.54) is 11.1 Å². The Kier molecular flexibility index (Phi) is 6.01. The fraction of sp³-hybridized carbons (Fsp3) is 0.0968. The van der Waals surface area contributed by atoms with Crippen LogP contribution in [0.3, 0.4) is 0 Å². The Balaban J connectivity index is 1.35. The molecule has 0 fully saturated rings. The molecule has 6 aromatic rings. The third kappa shape index (κ3) is 4.46. The molecule has 0 amide bonds. The second-order valence-electron chi connectivity index (χ2n) is 9.24. The summed E-state index contributed by atoms with van der Waals surface area (Å²) in [7, 11) is 0. The zero-order valence-electron chi connectivity index (χ0n) is 21.4. The molecular weight excluding hydrogens is 472 g/mol. The summed E-state index contributed by atoms with van der Waals surface area (Å²) in [6.45, 7) is 6.13. The number of nitrogens with zero attached hydrogens (tertiary/aromatic N) is 5. The lowest BCUT2D eigenvalue weighted by Gasteiger charge is -2.10. The maximum Gasteiger partial charge on any atom is 0.176 e. The van der Waals surface area contributed by atoms with Gasteiger partial charge in [0.15, 0.2) is 11.6 Å². The Hall–Kier alpha value is -5.04. The van der Waals surface area contributed by atoms with Crippen LogP contribution in [-0.2, 0) is 0 Å². The van der Waals surface area contributed by atoms with Crippen LogP contribution in [0.15, 0.2) is 101 Å². The fourth-order valence-corrected chi connectivity index (χ4v) is 4.40. The van der Waals surface area contributed by atoms with E-state index in [-0.39, 0.29) is 0 Å². The molecule has 7 nitrogen and oxygen atoms in total. The van der Waals surface area contributed by atoms with Crippen molar-refractivity contribution in [3.8, 4) is 28.4 Å². The van der Waals surface area contributed by atoms with E-state index in [9.17, 15) is 0 Å². The van der Waals surface area contributed by atoms with Gasteiger partial charge in [0.1, 0.15) is 17.1 Å². The maximum atomic E-state index is 5.87. The highest BCUT2D eigenvalue weighted by molar-refractivity contribution is 6.00. The van der Waals surface area contributed by atoms with Gasteiger partial charge in [-0.05, 0) is 62.2 Å². The zero-order valence-corrected chi connectivity index (χ0v) is 21.4. The number of furan rings is 1. The van der Waals surface area contributed by atoms with E-state index in [1.807, 2.05) is 78.5 Å². The minimum absolute atomic E-state index is 0.579. The monoisotopic (exact) mass is 498 g/mol. The van der Waals surface area contributed by atoms with Crippen LogP contribution in [0.1, 0.15) is 22.5 Å². The average Bonchev–Trinajstić information content (AvgIpc) is 3.57. The number of aryl methyl sites for hydroxylation is 3. The van der Waals surface area contributed by atoms with Gasteiger partial charge in [0.25, 0.3) is 0 Å². The maximum absolute atomic E-state index is 5.87. The van der Waals surface area contributed by atoms with E-state index in [4.69, 9.17) is 9.52 Å². The summed E-state index contributed by atoms with van der Waals surface area (Å²) in [4.78, 5) is 0. The first-order valence-corrected chi connectivity index (χ1v) is 12.4. The van der Waals surface area contributed by atoms with Crippen molar-refractivity contribution in [2.24, 2.45) is 5.10 Å². The molecule has 0 spiro atoms. The topological polar surface area (TPSA) is 81.1 Å². The first-order chi connectivity index (χ1) is 18.6. The molecule has 0 aliphatic carbocycles. The van der Waals surface area contributed by atoms with Gasteiger partial charge in [0, 0.05) is 28.1 Å². The van der Waals surface area contributed by atoms with Crippen molar-refractivity contribution < 1.29 is 4.42 Å². The molecular formula is C31H26N6O. The molecule has 38 heavy (non-hydrogen) atoms. The number of hydrogen-bond acceptors (Lipinski definition) is 6. The number of nitrogens with one attached hydrogen (secondary N) is 1. The molecule has 0 atom stereocenters. The van der Waals surface area contributed by atoms with Gasteiger partial charge in [0.05, 0.1) is 11.9 Å². The lowest BCUT2D eigenvalue weighted by Crippen LogP contribution is -1.99. The van der Waals surface area contributed by atoms with Gasteiger partial charge >= 0.3 is 0 Å². The first-order valence-electron chi connectivity index (χ1n) is 12.4. The van der Waals surface area contributed by atoms with Crippen molar-refractivity contribution in [3.05, 3.63) is 114 Å². The third-order valence-corrected chi connectivity index (χ3v) is 6.58. The summed E-state index contributed by atoms with van der Waals surface area (Å²) in [5.41, 5.74) is 9.91. The lowest BCUT2D eigenvalue weighted by molar-refractivity contribution is 0.545. The molecule has 0 radical (unpaired) electrons. The number of hydrazone groups is 1. The standard InChI is InChI=1S/C31H26N6O/c1-20-13-15-23(17-21(20)2)29-26-11-7-8-12-27(26)31(35-33-29)34-32-18-24-19-37(25-9-5-4-6-10-25)36-30(24)28-16-14-22(3)38-28/h4-19H,1-3H3,(H,34,35)/b32-18-. The largest absolute Gasteiger partial charge is 0.460 e. The SMILES string of the molecule is Cc1ccc(-c2nn(-c3ccccc3)cc2/C=N\Nc2nnc(-c3ccc(C)c(C)c3)c3ccccc23)o1. The van der Waals surface area contributed by atoms with E-state index < -0.39 is 0 Å². The molecule has 7 heteroatoms. The number of anilines is 1. The molecule has 6 rings (SSSR count). The summed E-state index contributed by atoms with van der Waals surface area (Å²) in [6, 6.07) is 28.2. The van der Waals surface area contributed by atoms with E-state index in [0.717, 1.165) is 39.0 Å². The van der Waals surface area contributed by atoms with E-state index in [0.29, 0.717) is 17.3 Å². The molecule has 0 unspecified atom stereocenters. The van der Waals surface area contributed by atoms with E-state index >= 15 is 0 Å². The molecule has 0 aliphatic heterocycles. The Bertz CT molecular complexity index is 1780. The van der Waals surface area contributed by atoms with Crippen LogP contribution in [0.4, 0.5) is 5.82 Å². The Morgan fingerprint density at radius 3 is 2.34 bits per heavy atom. The number of aromatic nitrogens is 4. The second-order valence-corrected chi connectivity index (χ2v) is 9.24. The highest BCUT2D eigenvalue weighted by Gasteiger charge is 2.15. The molecule has 1 N–H and O–H groups in total. The zero-order chi connectivity index (χ0) is 26.1.